The summed E-state index contributed by atoms with van der Waals surface area (Å²) in [6, 6.07) is 6.93. The average Bonchev–Trinajstić information content (AvgIpc) is 1.91. The molecule has 1 aromatic carbocycles. The molecule has 0 unspecified atom stereocenters. The molecule has 0 radical (unpaired) electrons. The predicted octanol–water partition coefficient (Wildman–Crippen LogP) is 1.99. The van der Waals surface area contributed by atoms with Gasteiger partial charge < -0.3 is 5.73 Å². The largest absolute Gasteiger partial charge is 0.398 e. The Morgan fingerprint density at radius 1 is 1.56 bits per heavy atom. The van der Waals surface area contributed by atoms with E-state index in [-0.39, 0.29) is 0 Å². The molecule has 9 heavy (non-hydrogen) atoms. The molecule has 0 aliphatic heterocycles. The Bertz CT molecular complexity index is 272. The highest BCUT2D eigenvalue weighted by Crippen LogP contribution is 2.20. The molecule has 0 fully saturated rings. The number of thioether (sulfide) groups is 1. The van der Waals surface area contributed by atoms with Crippen LogP contribution >= 0.6 is 11.8 Å². The Morgan fingerprint density at radius 2 is 2.33 bits per heavy atom. The minimum atomic E-state index is -2.02. The highest BCUT2D eigenvalue weighted by Gasteiger charge is 1.91. The summed E-state index contributed by atoms with van der Waals surface area (Å²) in [5, 5.41) is 0. The molecule has 0 aliphatic carbocycles. The van der Waals surface area contributed by atoms with Gasteiger partial charge in [-0.25, -0.2) is 0 Å². The van der Waals surface area contributed by atoms with Crippen LogP contribution in [0.15, 0.2) is 29.2 Å². The maximum atomic E-state index is 7.01. The van der Waals surface area contributed by atoms with Gasteiger partial charge in [-0.1, -0.05) is 12.1 Å². The van der Waals surface area contributed by atoms with Crippen molar-refractivity contribution in [3.8, 4) is 0 Å². The zero-order valence-corrected chi connectivity index (χ0v) is 5.61. The van der Waals surface area contributed by atoms with E-state index in [1.54, 1.807) is 24.3 Å². The summed E-state index contributed by atoms with van der Waals surface area (Å²) >= 11 is 0.802. The number of hydrogen-bond donors (Lipinski definition) is 1. The molecule has 1 rings (SSSR count). The number of nitrogen functional groups attached to an aromatic ring is 1. The maximum Gasteiger partial charge on any atom is 0.0452 e. The van der Waals surface area contributed by atoms with Gasteiger partial charge in [0.25, 0.3) is 0 Å². The van der Waals surface area contributed by atoms with Crippen molar-refractivity contribution in [3.63, 3.8) is 0 Å². The fourth-order valence-electron chi connectivity index (χ4n) is 0.573. The summed E-state index contributed by atoms with van der Waals surface area (Å²) in [7, 11) is 0. The molecule has 0 heterocycles. The normalized spacial score (nSPS) is 15.8. The molecular weight excluding hydrogens is 130 g/mol. The lowest BCUT2D eigenvalue weighted by Gasteiger charge is -1.97. The minimum Gasteiger partial charge on any atom is -0.398 e. The van der Waals surface area contributed by atoms with Crippen LogP contribution in [0, 0.1) is 0 Å². The summed E-state index contributed by atoms with van der Waals surface area (Å²) in [5.41, 5.74) is 6.07. The second kappa shape index (κ2) is 2.78. The maximum absolute atomic E-state index is 7.01. The second-order valence-electron chi connectivity index (χ2n) is 1.64. The summed E-state index contributed by atoms with van der Waals surface area (Å²) < 4.78 is 21.0. The lowest BCUT2D eigenvalue weighted by atomic mass is 10.3. The molecule has 0 bridgehead atoms. The van der Waals surface area contributed by atoms with Crippen LogP contribution < -0.4 is 5.73 Å². The standard InChI is InChI=1S/C7H9NS/c1-9-7-5-3-2-4-6(7)8/h2-5H,8H2,1H3/i1D3. The molecule has 0 aliphatic rings. The van der Waals surface area contributed by atoms with Crippen LogP contribution in [-0.2, 0) is 0 Å². The third-order valence-electron chi connectivity index (χ3n) is 1.03. The summed E-state index contributed by atoms with van der Waals surface area (Å²) in [6.45, 7) is 0. The number of benzene rings is 1. The number of nitrogens with two attached hydrogens (primary N) is 1. The quantitative estimate of drug-likeness (QED) is 0.479. The van der Waals surface area contributed by atoms with Crippen molar-refractivity contribution in [2.45, 2.75) is 4.90 Å². The highest BCUT2D eigenvalue weighted by molar-refractivity contribution is 7.98. The Hall–Kier alpha value is -0.630. The van der Waals surface area contributed by atoms with Crippen LogP contribution in [-0.4, -0.2) is 6.18 Å². The van der Waals surface area contributed by atoms with Crippen molar-refractivity contribution >= 4 is 17.4 Å². The molecule has 0 aromatic heterocycles. The molecule has 2 heteroatoms. The van der Waals surface area contributed by atoms with Crippen LogP contribution in [0.2, 0.25) is 0 Å². The van der Waals surface area contributed by atoms with E-state index in [2.05, 4.69) is 0 Å². The van der Waals surface area contributed by atoms with Crippen molar-refractivity contribution in [3.05, 3.63) is 24.3 Å². The van der Waals surface area contributed by atoms with Gasteiger partial charge in [0, 0.05) is 14.7 Å². The molecular formula is C7H9NS. The zero-order valence-electron chi connectivity index (χ0n) is 7.79. The predicted molar refractivity (Wildman–Crippen MR) is 42.6 cm³/mol. The van der Waals surface area contributed by atoms with Crippen LogP contribution in [0.4, 0.5) is 5.69 Å². The van der Waals surface area contributed by atoms with Gasteiger partial charge in [-0.15, -0.1) is 11.8 Å². The van der Waals surface area contributed by atoms with Crippen molar-refractivity contribution in [2.75, 3.05) is 11.9 Å². The lowest BCUT2D eigenvalue weighted by molar-refractivity contribution is 1.47. The van der Waals surface area contributed by atoms with Crippen LogP contribution in [0.5, 0.6) is 0 Å². The van der Waals surface area contributed by atoms with E-state index in [0.717, 1.165) is 11.8 Å². The van der Waals surface area contributed by atoms with Gasteiger partial charge in [-0.2, -0.15) is 0 Å². The van der Waals surface area contributed by atoms with Gasteiger partial charge in [0.15, 0.2) is 0 Å². The van der Waals surface area contributed by atoms with E-state index >= 15 is 0 Å². The first-order valence-electron chi connectivity index (χ1n) is 4.02. The summed E-state index contributed by atoms with van der Waals surface area (Å²) in [5.74, 6) is 0. The molecule has 2 N–H and O–H groups in total. The van der Waals surface area contributed by atoms with Crippen molar-refractivity contribution in [1.82, 2.24) is 0 Å². The molecule has 0 atom stereocenters. The number of rotatable bonds is 1. The van der Waals surface area contributed by atoms with Crippen molar-refractivity contribution in [2.24, 2.45) is 0 Å². The van der Waals surface area contributed by atoms with Gasteiger partial charge in [-0.05, 0) is 18.3 Å². The zero-order chi connectivity index (χ0) is 9.19. The van der Waals surface area contributed by atoms with E-state index in [9.17, 15) is 0 Å². The third kappa shape index (κ3) is 1.39. The smallest absolute Gasteiger partial charge is 0.0452 e. The van der Waals surface area contributed by atoms with E-state index in [4.69, 9.17) is 9.85 Å². The fourth-order valence-corrected chi connectivity index (χ4v) is 0.906. The van der Waals surface area contributed by atoms with Crippen LogP contribution in [0.1, 0.15) is 4.11 Å². The molecule has 1 nitrogen and oxygen atoms in total. The Morgan fingerprint density at radius 3 is 3.00 bits per heavy atom. The van der Waals surface area contributed by atoms with Crippen molar-refractivity contribution in [1.29, 1.82) is 0 Å². The second-order valence-corrected chi connectivity index (χ2v) is 2.28. The monoisotopic (exact) mass is 142 g/mol. The number of hydrogen-bond acceptors (Lipinski definition) is 2. The first-order chi connectivity index (χ1) is 5.49. The molecule has 48 valence electrons. The molecule has 0 saturated heterocycles. The summed E-state index contributed by atoms with van der Waals surface area (Å²) in [4.78, 5) is 0.609. The van der Waals surface area contributed by atoms with E-state index in [1.807, 2.05) is 0 Å². The van der Waals surface area contributed by atoms with Gasteiger partial charge in [0.05, 0.1) is 0 Å². The van der Waals surface area contributed by atoms with E-state index < -0.39 is 6.18 Å². The molecule has 0 amide bonds. The van der Waals surface area contributed by atoms with Crippen LogP contribution in [0.3, 0.4) is 0 Å². The third-order valence-corrected chi connectivity index (χ3v) is 1.62. The SMILES string of the molecule is [2H]C([2H])([2H])Sc1ccccc1N. The fraction of sp³-hybridized carbons (Fsp3) is 0.143. The minimum absolute atomic E-state index is 0.513. The van der Waals surface area contributed by atoms with E-state index in [1.165, 1.54) is 0 Å². The first kappa shape index (κ1) is 3.52. The number of anilines is 1. The number of para-hydroxylation sites is 1. The Kier molecular flexibility index (Phi) is 1.09. The van der Waals surface area contributed by atoms with Crippen molar-refractivity contribution < 1.29 is 4.11 Å². The molecule has 0 spiro atoms. The average molecular weight is 142 g/mol. The summed E-state index contributed by atoms with van der Waals surface area (Å²) in [6.07, 6.45) is -2.02. The van der Waals surface area contributed by atoms with Gasteiger partial charge in [0.2, 0.25) is 0 Å². The first-order valence-corrected chi connectivity index (χ1v) is 3.34. The van der Waals surface area contributed by atoms with Gasteiger partial charge >= 0.3 is 0 Å². The van der Waals surface area contributed by atoms with E-state index in [0.29, 0.717) is 10.6 Å². The Labute approximate surface area is 63.5 Å². The lowest BCUT2D eigenvalue weighted by Crippen LogP contribution is -1.85. The topological polar surface area (TPSA) is 26.0 Å². The van der Waals surface area contributed by atoms with Gasteiger partial charge in [-0.3, -0.25) is 0 Å². The molecule has 1 aromatic rings. The highest BCUT2D eigenvalue weighted by atomic mass is 32.2. The molecule has 0 saturated carbocycles. The van der Waals surface area contributed by atoms with Gasteiger partial charge in [0.1, 0.15) is 0 Å². The van der Waals surface area contributed by atoms with Crippen LogP contribution in [0.25, 0.3) is 0 Å². The Balaban J connectivity index is 2.83.